The fraction of sp³-hybridized carbons (Fsp3) is 0.786. The number of hydrogen-bond donors (Lipinski definition) is 1. The van der Waals surface area contributed by atoms with Crippen LogP contribution in [0.2, 0.25) is 5.02 Å². The molecule has 0 aliphatic heterocycles. The molecule has 0 amide bonds. The van der Waals surface area contributed by atoms with Gasteiger partial charge in [0, 0.05) is 19.1 Å². The van der Waals surface area contributed by atoms with Crippen molar-refractivity contribution in [2.45, 2.75) is 59.5 Å². The number of rotatable bonds is 6. The first kappa shape index (κ1) is 15.5. The van der Waals surface area contributed by atoms with Gasteiger partial charge in [0.25, 0.3) is 0 Å². The van der Waals surface area contributed by atoms with E-state index >= 15 is 0 Å². The van der Waals surface area contributed by atoms with Crippen LogP contribution in [0.4, 0.5) is 0 Å². The molecule has 1 aromatic rings. The fourth-order valence-corrected chi connectivity index (χ4v) is 2.58. The summed E-state index contributed by atoms with van der Waals surface area (Å²) in [6.45, 7) is 10.9. The Bertz CT molecular complexity index is 385. The van der Waals surface area contributed by atoms with E-state index in [4.69, 9.17) is 11.6 Å². The fourth-order valence-electron chi connectivity index (χ4n) is 2.21. The molecule has 1 aromatic heterocycles. The number of hydrogen-bond acceptors (Lipinski definition) is 2. The summed E-state index contributed by atoms with van der Waals surface area (Å²) in [6, 6.07) is 0.983. The zero-order valence-corrected chi connectivity index (χ0v) is 13.2. The number of aryl methyl sites for hydroxylation is 2. The monoisotopic (exact) mass is 271 g/mol. The van der Waals surface area contributed by atoms with E-state index in [0.717, 1.165) is 29.3 Å². The number of halogens is 1. The second kappa shape index (κ2) is 6.58. The first-order valence-electron chi connectivity index (χ1n) is 6.83. The van der Waals surface area contributed by atoms with Gasteiger partial charge in [-0.3, -0.25) is 4.68 Å². The number of nitrogens with zero attached hydrogens (tertiary/aromatic N) is 2. The third-order valence-electron chi connectivity index (χ3n) is 3.47. The van der Waals surface area contributed by atoms with Gasteiger partial charge in [-0.2, -0.15) is 5.10 Å². The lowest BCUT2D eigenvalue weighted by Gasteiger charge is -2.23. The Kier molecular flexibility index (Phi) is 5.67. The molecule has 1 rings (SSSR count). The molecule has 0 fully saturated rings. The maximum Gasteiger partial charge on any atom is 0.0849 e. The van der Waals surface area contributed by atoms with Crippen LogP contribution in [0.5, 0.6) is 0 Å². The second-order valence-corrected chi connectivity index (χ2v) is 5.85. The Hall–Kier alpha value is -0.540. The van der Waals surface area contributed by atoms with Crippen LogP contribution in [0, 0.1) is 5.92 Å². The van der Waals surface area contributed by atoms with E-state index in [9.17, 15) is 0 Å². The topological polar surface area (TPSA) is 29.9 Å². The first-order chi connectivity index (χ1) is 8.36. The van der Waals surface area contributed by atoms with E-state index in [1.54, 1.807) is 0 Å². The van der Waals surface area contributed by atoms with Crippen LogP contribution in [-0.4, -0.2) is 21.9 Å². The van der Waals surface area contributed by atoms with E-state index in [1.807, 2.05) is 11.7 Å². The molecule has 0 spiro atoms. The van der Waals surface area contributed by atoms with E-state index in [2.05, 4.69) is 45.0 Å². The molecular formula is C14H26ClN3. The summed E-state index contributed by atoms with van der Waals surface area (Å²) < 4.78 is 1.93. The summed E-state index contributed by atoms with van der Waals surface area (Å²) in [5.74, 6) is 0.532. The molecule has 104 valence electrons. The second-order valence-electron chi connectivity index (χ2n) is 5.48. The highest BCUT2D eigenvalue weighted by Crippen LogP contribution is 2.24. The van der Waals surface area contributed by atoms with Crippen LogP contribution >= 0.6 is 11.6 Å². The summed E-state index contributed by atoms with van der Waals surface area (Å²) in [7, 11) is 1.98. The highest BCUT2D eigenvalue weighted by Gasteiger charge is 2.19. The van der Waals surface area contributed by atoms with Gasteiger partial charge in [-0.15, -0.1) is 0 Å². The molecule has 4 heteroatoms. The predicted octanol–water partition coefficient (Wildman–Crippen LogP) is 3.20. The van der Waals surface area contributed by atoms with Crippen LogP contribution < -0.4 is 5.32 Å². The van der Waals surface area contributed by atoms with E-state index < -0.39 is 0 Å². The Morgan fingerprint density at radius 2 is 1.89 bits per heavy atom. The lowest BCUT2D eigenvalue weighted by molar-refractivity contribution is 0.366. The molecule has 18 heavy (non-hydrogen) atoms. The maximum absolute atomic E-state index is 6.38. The van der Waals surface area contributed by atoms with E-state index in [1.165, 1.54) is 0 Å². The lowest BCUT2D eigenvalue weighted by Crippen LogP contribution is -2.38. The highest BCUT2D eigenvalue weighted by molar-refractivity contribution is 6.31. The van der Waals surface area contributed by atoms with Gasteiger partial charge in [-0.05, 0) is 25.7 Å². The largest absolute Gasteiger partial charge is 0.312 e. The molecule has 0 aliphatic carbocycles. The molecule has 0 bridgehead atoms. The predicted molar refractivity (Wildman–Crippen MR) is 78.2 cm³/mol. The first-order valence-corrected chi connectivity index (χ1v) is 7.20. The Morgan fingerprint density at radius 1 is 1.28 bits per heavy atom. The lowest BCUT2D eigenvalue weighted by atomic mass is 9.97. The van der Waals surface area contributed by atoms with Crippen LogP contribution in [0.3, 0.4) is 0 Å². The molecule has 0 radical (unpaired) electrons. The molecule has 0 aliphatic rings. The minimum atomic E-state index is 0.473. The van der Waals surface area contributed by atoms with Crippen molar-refractivity contribution in [1.29, 1.82) is 0 Å². The van der Waals surface area contributed by atoms with E-state index in [-0.39, 0.29) is 0 Å². The van der Waals surface area contributed by atoms with Gasteiger partial charge in [0.1, 0.15) is 0 Å². The number of nitrogens with one attached hydrogen (secondary N) is 1. The molecule has 0 saturated carbocycles. The molecule has 0 aromatic carbocycles. The third kappa shape index (κ3) is 3.72. The van der Waals surface area contributed by atoms with Crippen LogP contribution in [0.1, 0.15) is 46.0 Å². The normalized spacial score (nSPS) is 15.1. The van der Waals surface area contributed by atoms with E-state index in [0.29, 0.717) is 18.0 Å². The molecular weight excluding hydrogens is 246 g/mol. The number of aromatic nitrogens is 2. The molecule has 0 saturated heterocycles. The van der Waals surface area contributed by atoms with Crippen LogP contribution in [-0.2, 0) is 19.9 Å². The Labute approximate surface area is 116 Å². The summed E-state index contributed by atoms with van der Waals surface area (Å²) in [6.07, 6.45) is 1.85. The summed E-state index contributed by atoms with van der Waals surface area (Å²) in [5.41, 5.74) is 2.16. The maximum atomic E-state index is 6.38. The standard InChI is InChI=1S/C14H26ClN3/c1-7-12-14(15)13(18(6)17-12)8-10(4)11(5)16-9(2)3/h9-11,16H,7-8H2,1-6H3. The quantitative estimate of drug-likeness (QED) is 0.861. The van der Waals surface area contributed by atoms with Crippen LogP contribution in [0.25, 0.3) is 0 Å². The van der Waals surface area contributed by atoms with Gasteiger partial charge in [-0.25, -0.2) is 0 Å². The van der Waals surface area contributed by atoms with Gasteiger partial charge in [0.05, 0.1) is 16.4 Å². The van der Waals surface area contributed by atoms with Crippen LogP contribution in [0.15, 0.2) is 0 Å². The Balaban J connectivity index is 2.75. The van der Waals surface area contributed by atoms with Crippen molar-refractivity contribution in [1.82, 2.24) is 15.1 Å². The minimum Gasteiger partial charge on any atom is -0.312 e. The van der Waals surface area contributed by atoms with Crippen molar-refractivity contribution in [3.05, 3.63) is 16.4 Å². The van der Waals surface area contributed by atoms with Crippen molar-refractivity contribution in [3.63, 3.8) is 0 Å². The summed E-state index contributed by atoms with van der Waals surface area (Å²) >= 11 is 6.38. The van der Waals surface area contributed by atoms with Gasteiger partial charge in [-0.1, -0.05) is 39.3 Å². The van der Waals surface area contributed by atoms with Gasteiger partial charge < -0.3 is 5.32 Å². The molecule has 1 N–H and O–H groups in total. The average Bonchev–Trinajstić information content (AvgIpc) is 2.55. The highest BCUT2D eigenvalue weighted by atomic mass is 35.5. The van der Waals surface area contributed by atoms with Crippen molar-refractivity contribution in [3.8, 4) is 0 Å². The smallest absolute Gasteiger partial charge is 0.0849 e. The summed E-state index contributed by atoms with van der Waals surface area (Å²) in [4.78, 5) is 0. The molecule has 1 heterocycles. The minimum absolute atomic E-state index is 0.473. The third-order valence-corrected chi connectivity index (χ3v) is 3.90. The average molecular weight is 272 g/mol. The molecule has 3 nitrogen and oxygen atoms in total. The van der Waals surface area contributed by atoms with Crippen molar-refractivity contribution in [2.75, 3.05) is 0 Å². The van der Waals surface area contributed by atoms with Gasteiger partial charge in [0.2, 0.25) is 0 Å². The van der Waals surface area contributed by atoms with Gasteiger partial charge >= 0.3 is 0 Å². The molecule has 2 unspecified atom stereocenters. The summed E-state index contributed by atoms with van der Waals surface area (Å²) in [5, 5.41) is 8.87. The zero-order valence-electron chi connectivity index (χ0n) is 12.4. The SMILES string of the molecule is CCc1nn(C)c(CC(C)C(C)NC(C)C)c1Cl. The zero-order chi connectivity index (χ0) is 13.9. The van der Waals surface area contributed by atoms with Crippen molar-refractivity contribution < 1.29 is 0 Å². The molecule has 2 atom stereocenters. The van der Waals surface area contributed by atoms with Crippen molar-refractivity contribution >= 4 is 11.6 Å². The Morgan fingerprint density at radius 3 is 2.33 bits per heavy atom. The van der Waals surface area contributed by atoms with Crippen molar-refractivity contribution in [2.24, 2.45) is 13.0 Å². The van der Waals surface area contributed by atoms with Gasteiger partial charge in [0.15, 0.2) is 0 Å².